The second-order valence-corrected chi connectivity index (χ2v) is 7.45. The Bertz CT molecular complexity index is 846. The lowest BCUT2D eigenvalue weighted by Gasteiger charge is -2.10. The number of hydrogen-bond acceptors (Lipinski definition) is 4. The Morgan fingerprint density at radius 2 is 2.18 bits per heavy atom. The number of carbonyl (C=O) groups excluding carboxylic acids is 1. The molecule has 5 heteroatoms. The van der Waals surface area contributed by atoms with Gasteiger partial charge in [-0.05, 0) is 54.5 Å². The van der Waals surface area contributed by atoms with Gasteiger partial charge >= 0.3 is 0 Å². The largest absolute Gasteiger partial charge is 0.306 e. The molecule has 4 rings (SSSR count). The lowest BCUT2D eigenvalue weighted by atomic mass is 9.98. The van der Waals surface area contributed by atoms with Gasteiger partial charge in [0.05, 0.1) is 4.88 Å². The number of anilines is 1. The number of pyridine rings is 1. The number of rotatable bonds is 2. The Kier molecular flexibility index (Phi) is 3.32. The third kappa shape index (κ3) is 2.36. The number of thiophene rings is 2. The summed E-state index contributed by atoms with van der Waals surface area (Å²) >= 11 is 3.39. The van der Waals surface area contributed by atoms with Crippen LogP contribution in [0.2, 0.25) is 0 Å². The van der Waals surface area contributed by atoms with Crippen molar-refractivity contribution in [3.8, 4) is 10.4 Å². The summed E-state index contributed by atoms with van der Waals surface area (Å²) in [5, 5.41) is 5.01. The van der Waals surface area contributed by atoms with E-state index < -0.39 is 0 Å². The predicted octanol–water partition coefficient (Wildman–Crippen LogP) is 4.53. The van der Waals surface area contributed by atoms with Crippen LogP contribution in [0, 0.1) is 6.92 Å². The molecule has 1 aliphatic carbocycles. The van der Waals surface area contributed by atoms with E-state index in [0.29, 0.717) is 5.82 Å². The zero-order valence-corrected chi connectivity index (χ0v) is 13.7. The van der Waals surface area contributed by atoms with Crippen LogP contribution in [0.5, 0.6) is 0 Å². The molecule has 1 aliphatic rings. The van der Waals surface area contributed by atoms with Crippen molar-refractivity contribution in [2.75, 3.05) is 5.32 Å². The lowest BCUT2D eigenvalue weighted by Crippen LogP contribution is -2.11. The number of nitrogens with zero attached hydrogens (tertiary/aromatic N) is 1. The van der Waals surface area contributed by atoms with Gasteiger partial charge in [0.2, 0.25) is 0 Å². The molecule has 22 heavy (non-hydrogen) atoms. The number of carbonyl (C=O) groups is 1. The topological polar surface area (TPSA) is 42.0 Å². The Morgan fingerprint density at radius 3 is 3.00 bits per heavy atom. The van der Waals surface area contributed by atoms with Crippen LogP contribution in [0.3, 0.4) is 0 Å². The van der Waals surface area contributed by atoms with E-state index >= 15 is 0 Å². The van der Waals surface area contributed by atoms with E-state index in [1.54, 1.807) is 28.9 Å². The summed E-state index contributed by atoms with van der Waals surface area (Å²) < 4.78 is 0. The third-order valence-corrected chi connectivity index (χ3v) is 5.99. The minimum atomic E-state index is -0.0764. The van der Waals surface area contributed by atoms with Crippen LogP contribution in [-0.4, -0.2) is 10.9 Å². The number of hydrogen-bond donors (Lipinski definition) is 1. The summed E-state index contributed by atoms with van der Waals surface area (Å²) in [6.45, 7) is 1.98. The minimum absolute atomic E-state index is 0.0764. The van der Waals surface area contributed by atoms with Crippen molar-refractivity contribution in [2.24, 2.45) is 0 Å². The molecule has 0 atom stereocenters. The molecule has 0 bridgehead atoms. The Balaban J connectivity index is 1.62. The van der Waals surface area contributed by atoms with Crippen LogP contribution >= 0.6 is 22.7 Å². The number of nitrogens with one attached hydrogen (secondary N) is 1. The molecule has 3 nitrogen and oxygen atoms in total. The van der Waals surface area contributed by atoms with E-state index in [0.717, 1.165) is 23.3 Å². The SMILES string of the molecule is Cc1ccc(NC(=O)c2cc3c(s2)-c2ccsc2CC3)nc1. The second kappa shape index (κ2) is 5.34. The molecule has 0 aliphatic heterocycles. The highest BCUT2D eigenvalue weighted by atomic mass is 32.1. The fraction of sp³-hybridized carbons (Fsp3) is 0.176. The number of amides is 1. The standard InChI is InChI=1S/C17H14N2OS2/c1-10-2-5-15(18-9-10)19-17(20)14-8-11-3-4-13-12(6-7-21-13)16(11)22-14/h2,5-9H,3-4H2,1H3,(H,18,19,20). The minimum Gasteiger partial charge on any atom is -0.306 e. The first-order valence-electron chi connectivity index (χ1n) is 7.14. The van der Waals surface area contributed by atoms with Gasteiger partial charge in [-0.25, -0.2) is 4.98 Å². The highest BCUT2D eigenvalue weighted by Crippen LogP contribution is 2.41. The molecule has 0 saturated carbocycles. The molecule has 1 N–H and O–H groups in total. The van der Waals surface area contributed by atoms with Gasteiger partial charge in [0.25, 0.3) is 5.91 Å². The average molecular weight is 326 g/mol. The van der Waals surface area contributed by atoms with E-state index in [4.69, 9.17) is 0 Å². The normalized spacial score (nSPS) is 12.6. The molecule has 1 amide bonds. The van der Waals surface area contributed by atoms with Gasteiger partial charge in [0.15, 0.2) is 0 Å². The average Bonchev–Trinajstić information content (AvgIpc) is 3.14. The maximum atomic E-state index is 12.4. The molecule has 0 spiro atoms. The molecule has 110 valence electrons. The molecule has 3 heterocycles. The summed E-state index contributed by atoms with van der Waals surface area (Å²) in [7, 11) is 0. The van der Waals surface area contributed by atoms with E-state index in [2.05, 4.69) is 21.7 Å². The highest BCUT2D eigenvalue weighted by molar-refractivity contribution is 7.18. The first-order valence-corrected chi connectivity index (χ1v) is 8.84. The maximum absolute atomic E-state index is 12.4. The fourth-order valence-corrected chi connectivity index (χ4v) is 4.77. The van der Waals surface area contributed by atoms with E-state index in [9.17, 15) is 4.79 Å². The molecular weight excluding hydrogens is 312 g/mol. The summed E-state index contributed by atoms with van der Waals surface area (Å²) in [5.41, 5.74) is 3.68. The summed E-state index contributed by atoms with van der Waals surface area (Å²) in [6, 6.07) is 7.97. The Morgan fingerprint density at radius 1 is 1.27 bits per heavy atom. The van der Waals surface area contributed by atoms with Crippen LogP contribution < -0.4 is 5.32 Å². The number of fused-ring (bicyclic) bond motifs is 3. The van der Waals surface area contributed by atoms with E-state index in [1.807, 2.05) is 25.1 Å². The van der Waals surface area contributed by atoms with Crippen molar-refractivity contribution in [2.45, 2.75) is 19.8 Å². The molecule has 0 saturated heterocycles. The van der Waals surface area contributed by atoms with Crippen LogP contribution in [-0.2, 0) is 12.8 Å². The van der Waals surface area contributed by atoms with Crippen molar-refractivity contribution < 1.29 is 4.79 Å². The van der Waals surface area contributed by atoms with Gasteiger partial charge in [-0.15, -0.1) is 22.7 Å². The summed E-state index contributed by atoms with van der Waals surface area (Å²) in [4.78, 5) is 20.1. The Hall–Kier alpha value is -1.98. The molecule has 0 fully saturated rings. The predicted molar refractivity (Wildman–Crippen MR) is 92.0 cm³/mol. The van der Waals surface area contributed by atoms with Crippen LogP contribution in [0.4, 0.5) is 5.82 Å². The molecule has 3 aromatic heterocycles. The quantitative estimate of drug-likeness (QED) is 0.751. The zero-order chi connectivity index (χ0) is 15.1. The summed E-state index contributed by atoms with van der Waals surface area (Å²) in [5.74, 6) is 0.519. The lowest BCUT2D eigenvalue weighted by molar-refractivity contribution is 0.103. The second-order valence-electron chi connectivity index (χ2n) is 5.40. The van der Waals surface area contributed by atoms with Crippen molar-refractivity contribution in [1.82, 2.24) is 4.98 Å². The smallest absolute Gasteiger partial charge is 0.266 e. The number of aryl methyl sites for hydroxylation is 3. The van der Waals surface area contributed by atoms with Gasteiger partial charge in [0, 0.05) is 21.5 Å². The van der Waals surface area contributed by atoms with Crippen LogP contribution in [0.25, 0.3) is 10.4 Å². The highest BCUT2D eigenvalue weighted by Gasteiger charge is 2.22. The Labute approximate surface area is 136 Å². The summed E-state index contributed by atoms with van der Waals surface area (Å²) in [6.07, 6.45) is 3.86. The molecule has 0 unspecified atom stereocenters. The fourth-order valence-electron chi connectivity index (χ4n) is 2.66. The molecular formula is C17H14N2OS2. The molecule has 0 aromatic carbocycles. The van der Waals surface area contributed by atoms with E-state index in [1.165, 1.54) is 20.9 Å². The molecule has 0 radical (unpaired) electrons. The van der Waals surface area contributed by atoms with Crippen molar-refractivity contribution in [3.63, 3.8) is 0 Å². The number of aromatic nitrogens is 1. The third-order valence-electron chi connectivity index (χ3n) is 3.80. The van der Waals surface area contributed by atoms with Crippen molar-refractivity contribution >= 4 is 34.4 Å². The van der Waals surface area contributed by atoms with Crippen LogP contribution in [0.1, 0.15) is 25.7 Å². The van der Waals surface area contributed by atoms with Crippen LogP contribution in [0.15, 0.2) is 35.8 Å². The van der Waals surface area contributed by atoms with Gasteiger partial charge in [0.1, 0.15) is 5.82 Å². The van der Waals surface area contributed by atoms with Gasteiger partial charge in [-0.2, -0.15) is 0 Å². The molecule has 3 aromatic rings. The monoisotopic (exact) mass is 326 g/mol. The first kappa shape index (κ1) is 13.7. The van der Waals surface area contributed by atoms with Crippen molar-refractivity contribution in [3.05, 3.63) is 56.7 Å². The van der Waals surface area contributed by atoms with Gasteiger partial charge < -0.3 is 5.32 Å². The van der Waals surface area contributed by atoms with Gasteiger partial charge in [-0.1, -0.05) is 6.07 Å². The van der Waals surface area contributed by atoms with Crippen molar-refractivity contribution in [1.29, 1.82) is 0 Å². The first-order chi connectivity index (χ1) is 10.7. The van der Waals surface area contributed by atoms with Gasteiger partial charge in [-0.3, -0.25) is 4.79 Å². The zero-order valence-electron chi connectivity index (χ0n) is 12.1. The maximum Gasteiger partial charge on any atom is 0.266 e. The van der Waals surface area contributed by atoms with E-state index in [-0.39, 0.29) is 5.91 Å².